The molecule has 3 saturated heterocycles. The summed E-state index contributed by atoms with van der Waals surface area (Å²) in [5.41, 5.74) is -5.09. The Morgan fingerprint density at radius 2 is 1.87 bits per heavy atom. The number of carbonyl (C=O) groups excluding carboxylic acids is 2. The molecule has 3 fully saturated rings. The predicted octanol–water partition coefficient (Wildman–Crippen LogP) is 3.24. The number of rotatable bonds is 3. The summed E-state index contributed by atoms with van der Waals surface area (Å²) in [6.07, 6.45) is -6.10. The average Bonchev–Trinajstić information content (AvgIpc) is 3.14. The molecule has 2 bridgehead atoms. The fourth-order valence-electron chi connectivity index (χ4n) is 5.06. The van der Waals surface area contributed by atoms with Gasteiger partial charge in [-0.15, -0.1) is 0 Å². The maximum Gasteiger partial charge on any atom is 0.417 e. The zero-order valence-electron chi connectivity index (χ0n) is 15.7. The van der Waals surface area contributed by atoms with Crippen molar-refractivity contribution in [2.75, 3.05) is 4.90 Å². The molecule has 0 radical (unpaired) electrons. The van der Waals surface area contributed by atoms with Crippen molar-refractivity contribution < 1.29 is 41.0 Å². The summed E-state index contributed by atoms with van der Waals surface area (Å²) in [6, 6.07) is 3.95. The van der Waals surface area contributed by atoms with E-state index in [9.17, 15) is 31.5 Å². The maximum atomic E-state index is 13.3. The van der Waals surface area contributed by atoms with Gasteiger partial charge in [0, 0.05) is 6.42 Å². The molecule has 4 rings (SSSR count). The van der Waals surface area contributed by atoms with E-state index in [1.807, 2.05) is 0 Å². The molecule has 5 atom stereocenters. The molecule has 2 unspecified atom stereocenters. The van der Waals surface area contributed by atoms with Gasteiger partial charge in [-0.1, -0.05) is 0 Å². The van der Waals surface area contributed by atoms with E-state index in [1.165, 1.54) is 19.9 Å². The van der Waals surface area contributed by atoms with E-state index in [0.29, 0.717) is 11.0 Å². The second-order valence-electron chi connectivity index (χ2n) is 7.99. The first kappa shape index (κ1) is 20.7. The number of halogens is 5. The fraction of sp³-hybridized carbons (Fsp3) is 0.526. The van der Waals surface area contributed by atoms with Crippen molar-refractivity contribution in [1.82, 2.24) is 0 Å². The van der Waals surface area contributed by atoms with Crippen LogP contribution >= 0.6 is 0 Å². The van der Waals surface area contributed by atoms with Crippen molar-refractivity contribution in [3.63, 3.8) is 0 Å². The molecule has 2 amide bonds. The monoisotopic (exact) mass is 430 g/mol. The van der Waals surface area contributed by atoms with Crippen LogP contribution < -0.4 is 4.90 Å². The molecule has 0 N–H and O–H groups in total. The van der Waals surface area contributed by atoms with Crippen molar-refractivity contribution in [3.05, 3.63) is 29.3 Å². The largest absolute Gasteiger partial charge is 0.417 e. The molecular formula is C19H15F5N2O4. The number of ether oxygens (including phenoxy) is 2. The van der Waals surface area contributed by atoms with Gasteiger partial charge in [0.2, 0.25) is 11.8 Å². The minimum Gasteiger partial charge on any atom is -0.365 e. The molecule has 160 valence electrons. The Labute approximate surface area is 167 Å². The lowest BCUT2D eigenvalue weighted by atomic mass is 9.67. The Kier molecular flexibility index (Phi) is 4.28. The highest BCUT2D eigenvalue weighted by molar-refractivity contribution is 6.23. The first-order valence-corrected chi connectivity index (χ1v) is 8.96. The van der Waals surface area contributed by atoms with Gasteiger partial charge in [-0.25, -0.2) is 4.90 Å². The summed E-state index contributed by atoms with van der Waals surface area (Å²) >= 11 is 0. The van der Waals surface area contributed by atoms with E-state index in [2.05, 4.69) is 4.74 Å². The maximum absolute atomic E-state index is 13.3. The molecule has 0 aromatic heterocycles. The summed E-state index contributed by atoms with van der Waals surface area (Å²) in [5, 5.41) is 8.93. The molecule has 3 heterocycles. The van der Waals surface area contributed by atoms with Crippen LogP contribution in [0, 0.1) is 23.2 Å². The van der Waals surface area contributed by atoms with Crippen LogP contribution in [0.5, 0.6) is 0 Å². The molecular weight excluding hydrogens is 415 g/mol. The third-order valence-corrected chi connectivity index (χ3v) is 6.22. The van der Waals surface area contributed by atoms with Gasteiger partial charge in [0.25, 0.3) is 0 Å². The molecule has 3 aliphatic rings. The number of nitrogens with zero attached hydrogens (tertiary/aromatic N) is 2. The average molecular weight is 430 g/mol. The zero-order chi connectivity index (χ0) is 22.2. The van der Waals surface area contributed by atoms with Gasteiger partial charge in [0.15, 0.2) is 0 Å². The van der Waals surface area contributed by atoms with Crippen LogP contribution in [0.15, 0.2) is 18.2 Å². The number of hydrogen-bond acceptors (Lipinski definition) is 5. The number of nitriles is 1. The third kappa shape index (κ3) is 2.66. The smallest absolute Gasteiger partial charge is 0.365 e. The van der Waals surface area contributed by atoms with Crippen LogP contribution in [0.4, 0.5) is 27.6 Å². The number of fused-ring (bicyclic) bond motifs is 5. The first-order chi connectivity index (χ1) is 13.8. The van der Waals surface area contributed by atoms with Crippen molar-refractivity contribution >= 4 is 17.5 Å². The van der Waals surface area contributed by atoms with Gasteiger partial charge < -0.3 is 9.47 Å². The van der Waals surface area contributed by atoms with Gasteiger partial charge in [0.1, 0.15) is 5.60 Å². The van der Waals surface area contributed by atoms with Gasteiger partial charge >= 0.3 is 12.8 Å². The van der Waals surface area contributed by atoms with Crippen molar-refractivity contribution in [2.24, 2.45) is 11.8 Å². The summed E-state index contributed by atoms with van der Waals surface area (Å²) in [6.45, 7) is -0.225. The third-order valence-electron chi connectivity index (χ3n) is 6.22. The van der Waals surface area contributed by atoms with Gasteiger partial charge in [0.05, 0.1) is 46.4 Å². The Bertz CT molecular complexity index is 990. The topological polar surface area (TPSA) is 79.6 Å². The number of carbonyl (C=O) groups is 2. The molecule has 0 spiro atoms. The van der Waals surface area contributed by atoms with Crippen LogP contribution in [0.3, 0.4) is 0 Å². The van der Waals surface area contributed by atoms with Crippen LogP contribution in [-0.2, 0) is 25.2 Å². The lowest BCUT2D eigenvalue weighted by molar-refractivity contribution is -0.200. The number of anilines is 1. The van der Waals surface area contributed by atoms with E-state index < -0.39 is 64.9 Å². The van der Waals surface area contributed by atoms with Crippen LogP contribution in [0.2, 0.25) is 0 Å². The van der Waals surface area contributed by atoms with E-state index in [4.69, 9.17) is 10.00 Å². The zero-order valence-corrected chi connectivity index (χ0v) is 15.7. The summed E-state index contributed by atoms with van der Waals surface area (Å²) in [4.78, 5) is 26.8. The van der Waals surface area contributed by atoms with E-state index >= 15 is 0 Å². The molecule has 3 aliphatic heterocycles. The summed E-state index contributed by atoms with van der Waals surface area (Å²) in [5.74, 6) is -3.85. The Balaban J connectivity index is 1.76. The second-order valence-corrected chi connectivity index (χ2v) is 7.99. The predicted molar refractivity (Wildman–Crippen MR) is 89.0 cm³/mol. The SMILES string of the molecule is CC12C[C@H](OC(F)F)C(C)(O1)[C@@H]1C(=O)N(c3ccc(C#N)c(C(F)(F)F)c3)C(=O)[C@@H]12. The first-order valence-electron chi connectivity index (χ1n) is 8.96. The number of alkyl halides is 5. The van der Waals surface area contributed by atoms with Crippen molar-refractivity contribution in [2.45, 2.75) is 50.4 Å². The number of benzene rings is 1. The highest BCUT2D eigenvalue weighted by Crippen LogP contribution is 2.62. The lowest BCUT2D eigenvalue weighted by Gasteiger charge is -2.34. The van der Waals surface area contributed by atoms with Crippen molar-refractivity contribution in [1.29, 1.82) is 5.26 Å². The van der Waals surface area contributed by atoms with Crippen LogP contribution in [0.25, 0.3) is 0 Å². The quantitative estimate of drug-likeness (QED) is 0.544. The van der Waals surface area contributed by atoms with Crippen LogP contribution in [0.1, 0.15) is 31.4 Å². The summed E-state index contributed by atoms with van der Waals surface area (Å²) < 4.78 is 76.0. The Hall–Kier alpha value is -2.58. The molecule has 0 aliphatic carbocycles. The Morgan fingerprint density at radius 3 is 2.43 bits per heavy atom. The number of amides is 2. The van der Waals surface area contributed by atoms with E-state index in [1.54, 1.807) is 0 Å². The molecule has 1 aromatic rings. The summed E-state index contributed by atoms with van der Waals surface area (Å²) in [7, 11) is 0. The molecule has 1 aromatic carbocycles. The Morgan fingerprint density at radius 1 is 1.23 bits per heavy atom. The minimum atomic E-state index is -4.88. The van der Waals surface area contributed by atoms with E-state index in [0.717, 1.165) is 12.1 Å². The van der Waals surface area contributed by atoms with Crippen LogP contribution in [-0.4, -0.2) is 35.7 Å². The molecule has 6 nitrogen and oxygen atoms in total. The second kappa shape index (κ2) is 6.21. The normalized spacial score (nSPS) is 35.3. The van der Waals surface area contributed by atoms with Crippen molar-refractivity contribution in [3.8, 4) is 6.07 Å². The highest BCUT2D eigenvalue weighted by atomic mass is 19.4. The van der Waals surface area contributed by atoms with E-state index in [-0.39, 0.29) is 12.1 Å². The fourth-order valence-corrected chi connectivity index (χ4v) is 5.06. The van der Waals surface area contributed by atoms with Gasteiger partial charge in [-0.3, -0.25) is 9.59 Å². The lowest BCUT2D eigenvalue weighted by Crippen LogP contribution is -2.50. The minimum absolute atomic E-state index is 0.0664. The standard InChI is InChI=1S/C19H15F5N2O4/c1-17-6-11(29-16(20)21)18(2,30-17)13-12(17)14(27)26(15(13)28)9-4-3-8(7-25)10(5-9)19(22,23)24/h3-5,11-13,16H,6H2,1-2H3/t11-,12+,13-,17?,18?/m0/s1. The number of hydrogen-bond donors (Lipinski definition) is 0. The van der Waals surface area contributed by atoms with Gasteiger partial charge in [-0.2, -0.15) is 27.2 Å². The molecule has 30 heavy (non-hydrogen) atoms. The van der Waals surface area contributed by atoms with Gasteiger partial charge in [-0.05, 0) is 32.0 Å². The molecule has 0 saturated carbocycles. The molecule has 11 heteroatoms. The highest BCUT2D eigenvalue weighted by Gasteiger charge is 2.76. The number of imide groups is 1.